The number of aromatic nitrogens is 1. The highest BCUT2D eigenvalue weighted by Gasteiger charge is 2.43. The van der Waals surface area contributed by atoms with Crippen molar-refractivity contribution in [3.8, 4) is 0 Å². The zero-order valence-electron chi connectivity index (χ0n) is 15.7. The zero-order valence-corrected chi connectivity index (χ0v) is 16.5. The van der Waals surface area contributed by atoms with E-state index in [1.807, 2.05) is 60.0 Å². The van der Waals surface area contributed by atoms with E-state index < -0.39 is 17.7 Å². The van der Waals surface area contributed by atoms with Gasteiger partial charge < -0.3 is 10.0 Å². The number of pyridine rings is 1. The number of thiophene rings is 1. The Labute approximate surface area is 173 Å². The molecule has 1 aromatic carbocycles. The third-order valence-electron chi connectivity index (χ3n) is 4.96. The molecule has 146 valence electrons. The molecule has 1 aliphatic heterocycles. The van der Waals surface area contributed by atoms with Crippen molar-refractivity contribution in [1.82, 2.24) is 9.88 Å². The smallest absolute Gasteiger partial charge is 0.290 e. The Morgan fingerprint density at radius 3 is 2.55 bits per heavy atom. The maximum Gasteiger partial charge on any atom is 0.290 e. The van der Waals surface area contributed by atoms with E-state index in [9.17, 15) is 14.7 Å². The summed E-state index contributed by atoms with van der Waals surface area (Å²) in [6.07, 6.45) is 2.45. The largest absolute Gasteiger partial charge is 0.503 e. The highest BCUT2D eigenvalue weighted by atomic mass is 32.1. The van der Waals surface area contributed by atoms with Crippen molar-refractivity contribution in [1.29, 1.82) is 0 Å². The van der Waals surface area contributed by atoms with Crippen molar-refractivity contribution in [3.05, 3.63) is 99.7 Å². The Morgan fingerprint density at radius 1 is 1.07 bits per heavy atom. The summed E-state index contributed by atoms with van der Waals surface area (Å²) >= 11 is 1.46. The summed E-state index contributed by atoms with van der Waals surface area (Å²) in [5, 5.41) is 12.5. The van der Waals surface area contributed by atoms with E-state index in [0.717, 1.165) is 10.4 Å². The van der Waals surface area contributed by atoms with Crippen LogP contribution in [0.15, 0.2) is 83.6 Å². The van der Waals surface area contributed by atoms with Crippen molar-refractivity contribution in [2.75, 3.05) is 0 Å². The summed E-state index contributed by atoms with van der Waals surface area (Å²) in [4.78, 5) is 32.6. The van der Waals surface area contributed by atoms with Gasteiger partial charge in [-0.1, -0.05) is 42.5 Å². The molecule has 1 amide bonds. The van der Waals surface area contributed by atoms with Crippen LogP contribution in [0.25, 0.3) is 0 Å². The van der Waals surface area contributed by atoms with E-state index >= 15 is 0 Å². The predicted molar refractivity (Wildman–Crippen MR) is 111 cm³/mol. The summed E-state index contributed by atoms with van der Waals surface area (Å²) < 4.78 is 0. The minimum atomic E-state index is -0.590. The summed E-state index contributed by atoms with van der Waals surface area (Å²) in [6, 6.07) is 18.4. The monoisotopic (exact) mass is 404 g/mol. The van der Waals surface area contributed by atoms with Crippen molar-refractivity contribution in [3.63, 3.8) is 0 Å². The van der Waals surface area contributed by atoms with Gasteiger partial charge in [0.25, 0.3) is 5.91 Å². The number of Topliss-reactive ketones (excluding diaryl/α,β-unsaturated/α-hetero) is 1. The summed E-state index contributed by atoms with van der Waals surface area (Å²) in [6.45, 7) is 0.224. The van der Waals surface area contributed by atoms with Crippen LogP contribution in [-0.4, -0.2) is 26.7 Å². The molecule has 0 bridgehead atoms. The molecule has 0 radical (unpaired) electrons. The van der Waals surface area contributed by atoms with E-state index in [4.69, 9.17) is 0 Å². The lowest BCUT2D eigenvalue weighted by Gasteiger charge is -2.25. The highest BCUT2D eigenvalue weighted by Crippen LogP contribution is 2.40. The molecule has 1 N–H and O–H groups in total. The van der Waals surface area contributed by atoms with Gasteiger partial charge in [-0.15, -0.1) is 11.3 Å². The van der Waals surface area contributed by atoms with Crippen molar-refractivity contribution < 1.29 is 14.7 Å². The molecule has 0 spiro atoms. The first-order chi connectivity index (χ1) is 14.1. The SMILES string of the molecule is O=C(CCc1ccccc1)C1=C(O)C(=O)N(Cc2ccccn2)C1c1cccs1. The van der Waals surface area contributed by atoms with Crippen LogP contribution in [0.5, 0.6) is 0 Å². The molecule has 29 heavy (non-hydrogen) atoms. The van der Waals surface area contributed by atoms with Crippen molar-refractivity contribution in [2.45, 2.75) is 25.4 Å². The fourth-order valence-corrected chi connectivity index (χ4v) is 4.39. The number of nitrogens with zero attached hydrogens (tertiary/aromatic N) is 2. The van der Waals surface area contributed by atoms with Crippen molar-refractivity contribution in [2.24, 2.45) is 0 Å². The van der Waals surface area contributed by atoms with Gasteiger partial charge in [-0.25, -0.2) is 0 Å². The Balaban J connectivity index is 1.62. The van der Waals surface area contributed by atoms with Crippen LogP contribution >= 0.6 is 11.3 Å². The first-order valence-corrected chi connectivity index (χ1v) is 10.3. The molecule has 0 saturated heterocycles. The van der Waals surface area contributed by atoms with Gasteiger partial charge in [-0.2, -0.15) is 0 Å². The van der Waals surface area contributed by atoms with Gasteiger partial charge in [0.15, 0.2) is 11.5 Å². The van der Waals surface area contributed by atoms with Gasteiger partial charge in [0.2, 0.25) is 0 Å². The molecular formula is C23H20N2O3S. The molecule has 0 aliphatic carbocycles. The molecule has 0 fully saturated rings. The lowest BCUT2D eigenvalue weighted by molar-refractivity contribution is -0.130. The van der Waals surface area contributed by atoms with E-state index in [1.54, 1.807) is 12.3 Å². The zero-order chi connectivity index (χ0) is 20.2. The molecule has 5 nitrogen and oxygen atoms in total. The van der Waals surface area contributed by atoms with Crippen LogP contribution in [0.1, 0.15) is 28.6 Å². The standard InChI is InChI=1S/C23H20N2O3S/c26-18(12-11-16-7-2-1-3-8-16)20-21(19-10-6-14-29-19)25(23(28)22(20)27)15-17-9-4-5-13-24-17/h1-10,13-14,21,27H,11-12,15H2. The number of ketones is 1. The Hall–Kier alpha value is -3.25. The molecule has 1 unspecified atom stereocenters. The number of aliphatic hydroxyl groups excluding tert-OH is 1. The average Bonchev–Trinajstić information content (AvgIpc) is 3.36. The number of amides is 1. The number of rotatable bonds is 7. The molecule has 6 heteroatoms. The van der Waals surface area contributed by atoms with E-state index in [0.29, 0.717) is 12.1 Å². The molecule has 1 aliphatic rings. The molecule has 2 aromatic heterocycles. The predicted octanol–water partition coefficient (Wildman–Crippen LogP) is 4.24. The van der Waals surface area contributed by atoms with E-state index in [-0.39, 0.29) is 24.3 Å². The van der Waals surface area contributed by atoms with Gasteiger partial charge in [0.05, 0.1) is 23.9 Å². The molecule has 0 saturated carbocycles. The van der Waals surface area contributed by atoms with Gasteiger partial charge in [0.1, 0.15) is 0 Å². The molecule has 3 heterocycles. The third-order valence-corrected chi connectivity index (χ3v) is 5.88. The number of carbonyl (C=O) groups is 2. The lowest BCUT2D eigenvalue weighted by Crippen LogP contribution is -2.30. The van der Waals surface area contributed by atoms with Gasteiger partial charge in [0, 0.05) is 17.5 Å². The maximum absolute atomic E-state index is 13.1. The van der Waals surface area contributed by atoms with E-state index in [2.05, 4.69) is 4.98 Å². The maximum atomic E-state index is 13.1. The van der Waals surface area contributed by atoms with Crippen LogP contribution in [0, 0.1) is 0 Å². The normalized spacial score (nSPS) is 16.5. The minimum Gasteiger partial charge on any atom is -0.503 e. The van der Waals surface area contributed by atoms with Gasteiger partial charge in [-0.3, -0.25) is 14.6 Å². The van der Waals surface area contributed by atoms with Crippen molar-refractivity contribution >= 4 is 23.0 Å². The average molecular weight is 404 g/mol. The number of hydrogen-bond donors (Lipinski definition) is 1. The summed E-state index contributed by atoms with van der Waals surface area (Å²) in [5.41, 5.74) is 1.93. The Morgan fingerprint density at radius 2 is 1.86 bits per heavy atom. The summed E-state index contributed by atoms with van der Waals surface area (Å²) in [5.74, 6) is -1.18. The quantitative estimate of drug-likeness (QED) is 0.639. The minimum absolute atomic E-state index is 0.185. The Bertz CT molecular complexity index is 1030. The van der Waals surface area contributed by atoms with Crippen LogP contribution in [-0.2, 0) is 22.6 Å². The number of benzene rings is 1. The lowest BCUT2D eigenvalue weighted by atomic mass is 9.97. The highest BCUT2D eigenvalue weighted by molar-refractivity contribution is 7.10. The topological polar surface area (TPSA) is 70.5 Å². The fourth-order valence-electron chi connectivity index (χ4n) is 3.55. The first-order valence-electron chi connectivity index (χ1n) is 9.39. The number of aryl methyl sites for hydroxylation is 1. The summed E-state index contributed by atoms with van der Waals surface area (Å²) in [7, 11) is 0. The Kier molecular flexibility index (Phi) is 5.53. The second kappa shape index (κ2) is 8.41. The van der Waals surface area contributed by atoms with Crippen LogP contribution in [0.2, 0.25) is 0 Å². The second-order valence-electron chi connectivity index (χ2n) is 6.84. The first kappa shape index (κ1) is 19.1. The van der Waals surface area contributed by atoms with E-state index in [1.165, 1.54) is 16.2 Å². The third kappa shape index (κ3) is 3.98. The second-order valence-corrected chi connectivity index (χ2v) is 7.82. The molecule has 4 rings (SSSR count). The number of hydrogen-bond acceptors (Lipinski definition) is 5. The molecule has 3 aromatic rings. The van der Waals surface area contributed by atoms with Crippen LogP contribution in [0.3, 0.4) is 0 Å². The molecule has 1 atom stereocenters. The fraction of sp³-hybridized carbons (Fsp3) is 0.174. The van der Waals surface area contributed by atoms with Crippen LogP contribution in [0.4, 0.5) is 0 Å². The number of aliphatic hydroxyl groups is 1. The number of carbonyl (C=O) groups excluding carboxylic acids is 2. The van der Waals surface area contributed by atoms with Gasteiger partial charge >= 0.3 is 0 Å². The van der Waals surface area contributed by atoms with Crippen LogP contribution < -0.4 is 0 Å². The van der Waals surface area contributed by atoms with Gasteiger partial charge in [-0.05, 0) is 35.6 Å². The molecular weight excluding hydrogens is 384 g/mol.